The highest BCUT2D eigenvalue weighted by molar-refractivity contribution is 5.76. The van der Waals surface area contributed by atoms with E-state index in [2.05, 4.69) is 43.5 Å². The fourth-order valence-electron chi connectivity index (χ4n) is 8.95. The van der Waals surface area contributed by atoms with Gasteiger partial charge in [0.15, 0.2) is 6.29 Å². The van der Waals surface area contributed by atoms with Crippen LogP contribution in [0.4, 0.5) is 0 Å². The lowest BCUT2D eigenvalue weighted by molar-refractivity contribution is -0.302. The van der Waals surface area contributed by atoms with E-state index in [1.54, 1.807) is 6.08 Å². The molecule has 0 saturated carbocycles. The zero-order chi connectivity index (χ0) is 48.0. The van der Waals surface area contributed by atoms with Crippen LogP contribution in [-0.4, -0.2) is 87.5 Å². The van der Waals surface area contributed by atoms with Gasteiger partial charge in [-0.05, 0) is 51.4 Å². The molecule has 0 aromatic heterocycles. The lowest BCUT2D eigenvalue weighted by Crippen LogP contribution is -2.60. The second kappa shape index (κ2) is 47.1. The Morgan fingerprint density at radius 1 is 0.515 bits per heavy atom. The zero-order valence-corrected chi connectivity index (χ0v) is 43.0. The summed E-state index contributed by atoms with van der Waals surface area (Å²) < 4.78 is 11.2. The van der Waals surface area contributed by atoms with E-state index < -0.39 is 49.5 Å². The van der Waals surface area contributed by atoms with Gasteiger partial charge in [-0.15, -0.1) is 0 Å². The Balaban J connectivity index is 2.07. The number of ether oxygens (including phenoxy) is 2. The second-order valence-corrected chi connectivity index (χ2v) is 19.7. The molecule has 9 nitrogen and oxygen atoms in total. The van der Waals surface area contributed by atoms with E-state index in [1.807, 2.05) is 6.08 Å². The monoisotopic (exact) mass is 934 g/mol. The van der Waals surface area contributed by atoms with Crippen LogP contribution in [0.5, 0.6) is 0 Å². The summed E-state index contributed by atoms with van der Waals surface area (Å²) in [6.07, 6.45) is 53.8. The maximum atomic E-state index is 13.0. The number of hydrogen-bond donors (Lipinski definition) is 6. The van der Waals surface area contributed by atoms with Crippen molar-refractivity contribution in [3.05, 3.63) is 36.5 Å². The van der Waals surface area contributed by atoms with Crippen LogP contribution in [0.3, 0.4) is 0 Å². The highest BCUT2D eigenvalue weighted by Gasteiger charge is 2.44. The number of carbonyl (C=O) groups excluding carboxylic acids is 1. The van der Waals surface area contributed by atoms with E-state index in [0.29, 0.717) is 6.42 Å². The standard InChI is InChI=1S/C57H107NO8/c1-3-5-7-9-11-13-15-16-17-18-19-20-21-22-23-24-25-26-27-28-29-30-31-32-33-34-35-36-37-39-41-43-45-47-53(61)58-50(49-65-57-56(64)55(63)54(62)52(48-59)66-57)51(60)46-44-42-40-38-14-12-10-8-6-4-2/h15-16,18-19,44,46,50-52,54-57,59-60,62-64H,3-14,17,20-43,45,47-49H2,1-2H3,(H,58,61)/b16-15-,19-18-,46-44+. The highest BCUT2D eigenvalue weighted by Crippen LogP contribution is 2.23. The molecular weight excluding hydrogens is 827 g/mol. The molecular formula is C57H107NO8. The number of nitrogens with one attached hydrogen (secondary N) is 1. The third-order valence-corrected chi connectivity index (χ3v) is 13.5. The summed E-state index contributed by atoms with van der Waals surface area (Å²) in [6.45, 7) is 3.75. The Labute approximate surface area is 406 Å². The number of hydrogen-bond acceptors (Lipinski definition) is 8. The lowest BCUT2D eigenvalue weighted by atomic mass is 9.99. The van der Waals surface area contributed by atoms with Gasteiger partial charge < -0.3 is 40.3 Å². The Bertz CT molecular complexity index is 1130. The van der Waals surface area contributed by atoms with Crippen LogP contribution in [0.1, 0.15) is 264 Å². The second-order valence-electron chi connectivity index (χ2n) is 19.7. The van der Waals surface area contributed by atoms with Crippen LogP contribution >= 0.6 is 0 Å². The minimum atomic E-state index is -1.56. The van der Waals surface area contributed by atoms with Crippen molar-refractivity contribution in [1.29, 1.82) is 0 Å². The molecule has 1 amide bonds. The summed E-state index contributed by atoms with van der Waals surface area (Å²) in [5.74, 6) is -0.175. The summed E-state index contributed by atoms with van der Waals surface area (Å²) >= 11 is 0. The van der Waals surface area contributed by atoms with E-state index in [1.165, 1.54) is 199 Å². The molecule has 0 aromatic carbocycles. The van der Waals surface area contributed by atoms with Crippen molar-refractivity contribution in [2.24, 2.45) is 0 Å². The van der Waals surface area contributed by atoms with Crippen molar-refractivity contribution in [2.45, 2.75) is 307 Å². The topological polar surface area (TPSA) is 149 Å². The smallest absolute Gasteiger partial charge is 0.220 e. The lowest BCUT2D eigenvalue weighted by Gasteiger charge is -2.40. The predicted molar refractivity (Wildman–Crippen MR) is 276 cm³/mol. The molecule has 0 spiro atoms. The van der Waals surface area contributed by atoms with Gasteiger partial charge in [0.2, 0.25) is 5.91 Å². The first kappa shape index (κ1) is 62.4. The summed E-state index contributed by atoms with van der Waals surface area (Å²) in [4.78, 5) is 13.0. The molecule has 1 aliphatic rings. The van der Waals surface area contributed by atoms with E-state index in [9.17, 15) is 30.3 Å². The molecule has 0 aromatic rings. The van der Waals surface area contributed by atoms with E-state index in [4.69, 9.17) is 9.47 Å². The first-order valence-corrected chi connectivity index (χ1v) is 28.2. The molecule has 1 aliphatic heterocycles. The number of aliphatic hydroxyl groups excluding tert-OH is 5. The van der Waals surface area contributed by atoms with E-state index >= 15 is 0 Å². The Hall–Kier alpha value is -1.59. The number of rotatable bonds is 48. The summed E-state index contributed by atoms with van der Waals surface area (Å²) in [5, 5.41) is 54.2. The minimum Gasteiger partial charge on any atom is -0.394 e. The Kier molecular flexibility index (Phi) is 44.6. The third kappa shape index (κ3) is 36.4. The predicted octanol–water partition coefficient (Wildman–Crippen LogP) is 13.6. The molecule has 66 heavy (non-hydrogen) atoms. The number of aliphatic hydroxyl groups is 5. The van der Waals surface area contributed by atoms with Gasteiger partial charge in [-0.1, -0.05) is 243 Å². The van der Waals surface area contributed by atoms with Crippen LogP contribution in [0.2, 0.25) is 0 Å². The van der Waals surface area contributed by atoms with Gasteiger partial charge >= 0.3 is 0 Å². The normalized spacial score (nSPS) is 20.0. The van der Waals surface area contributed by atoms with Crippen molar-refractivity contribution in [1.82, 2.24) is 5.32 Å². The van der Waals surface area contributed by atoms with Gasteiger partial charge in [0, 0.05) is 6.42 Å². The van der Waals surface area contributed by atoms with Crippen LogP contribution in [0.25, 0.3) is 0 Å². The van der Waals surface area contributed by atoms with Gasteiger partial charge in [-0.2, -0.15) is 0 Å². The molecule has 0 aliphatic carbocycles. The average molecular weight is 934 g/mol. The van der Waals surface area contributed by atoms with Gasteiger partial charge in [-0.3, -0.25) is 4.79 Å². The maximum Gasteiger partial charge on any atom is 0.220 e. The third-order valence-electron chi connectivity index (χ3n) is 13.5. The van der Waals surface area contributed by atoms with Crippen LogP contribution in [0.15, 0.2) is 36.5 Å². The summed E-state index contributed by atoms with van der Waals surface area (Å²) in [5.41, 5.74) is 0. The van der Waals surface area contributed by atoms with E-state index in [0.717, 1.165) is 44.9 Å². The van der Waals surface area contributed by atoms with Crippen molar-refractivity contribution < 1.29 is 39.8 Å². The molecule has 7 unspecified atom stereocenters. The number of unbranched alkanes of at least 4 members (excludes halogenated alkanes) is 34. The molecule has 7 atom stereocenters. The highest BCUT2D eigenvalue weighted by atomic mass is 16.7. The molecule has 388 valence electrons. The van der Waals surface area contributed by atoms with E-state index in [-0.39, 0.29) is 12.5 Å². The van der Waals surface area contributed by atoms with Crippen molar-refractivity contribution in [3.63, 3.8) is 0 Å². The Morgan fingerprint density at radius 2 is 0.894 bits per heavy atom. The fourth-order valence-corrected chi connectivity index (χ4v) is 8.95. The van der Waals surface area contributed by atoms with Crippen molar-refractivity contribution >= 4 is 5.91 Å². The maximum absolute atomic E-state index is 13.0. The van der Waals surface area contributed by atoms with Crippen LogP contribution in [-0.2, 0) is 14.3 Å². The number of amides is 1. The molecule has 1 heterocycles. The number of allylic oxidation sites excluding steroid dienone is 5. The molecule has 0 radical (unpaired) electrons. The minimum absolute atomic E-state index is 0.175. The quantitative estimate of drug-likeness (QED) is 0.0261. The SMILES string of the molecule is CCCCCCC/C=C\C/C=C\CCCCCCCCCCCCCCCCCCCCCCCC(=O)NC(COC1OC(CO)C(O)C(O)C1O)C(O)/C=C/CCCCCCCCCC. The van der Waals surface area contributed by atoms with Gasteiger partial charge in [0.25, 0.3) is 0 Å². The van der Waals surface area contributed by atoms with Crippen LogP contribution in [0, 0.1) is 0 Å². The largest absolute Gasteiger partial charge is 0.394 e. The first-order chi connectivity index (χ1) is 32.3. The molecule has 9 heteroatoms. The number of carbonyl (C=O) groups is 1. The van der Waals surface area contributed by atoms with Crippen LogP contribution < -0.4 is 5.32 Å². The van der Waals surface area contributed by atoms with Gasteiger partial charge in [0.05, 0.1) is 25.4 Å². The molecule has 1 rings (SSSR count). The van der Waals surface area contributed by atoms with Gasteiger partial charge in [-0.25, -0.2) is 0 Å². The first-order valence-electron chi connectivity index (χ1n) is 28.2. The fraction of sp³-hybridized carbons (Fsp3) is 0.877. The zero-order valence-electron chi connectivity index (χ0n) is 43.0. The molecule has 6 N–H and O–H groups in total. The average Bonchev–Trinajstić information content (AvgIpc) is 3.32. The summed E-state index contributed by atoms with van der Waals surface area (Å²) in [6, 6.07) is -0.801. The summed E-state index contributed by atoms with van der Waals surface area (Å²) in [7, 11) is 0. The van der Waals surface area contributed by atoms with Crippen molar-refractivity contribution in [2.75, 3.05) is 13.2 Å². The van der Waals surface area contributed by atoms with Crippen molar-refractivity contribution in [3.8, 4) is 0 Å². The molecule has 0 bridgehead atoms. The van der Waals surface area contributed by atoms with Gasteiger partial charge in [0.1, 0.15) is 24.4 Å². The molecule has 1 fully saturated rings. The molecule has 1 saturated heterocycles. The Morgan fingerprint density at radius 3 is 1.30 bits per heavy atom.